The topological polar surface area (TPSA) is 195 Å². The fraction of sp³-hybridized carbons (Fsp3) is 0.707. The van der Waals surface area contributed by atoms with E-state index in [1.807, 2.05) is 17.7 Å². The molecule has 1 aromatic heterocycles. The molecule has 1 saturated heterocycles. The van der Waals surface area contributed by atoms with E-state index >= 15 is 0 Å². The smallest absolute Gasteiger partial charge is 0.408 e. The number of benzene rings is 1. The van der Waals surface area contributed by atoms with Crippen molar-refractivity contribution in [1.29, 1.82) is 0 Å². The second-order valence-corrected chi connectivity index (χ2v) is 19.9. The van der Waals surface area contributed by atoms with Gasteiger partial charge in [0.25, 0.3) is 5.91 Å². The van der Waals surface area contributed by atoms with Gasteiger partial charge in [-0.3, -0.25) is 19.1 Å². The molecule has 6 aliphatic rings. The van der Waals surface area contributed by atoms with E-state index in [0.717, 1.165) is 44.9 Å². The Morgan fingerprint density at radius 3 is 2.42 bits per heavy atom. The van der Waals surface area contributed by atoms with Gasteiger partial charge < -0.3 is 29.7 Å². The maximum Gasteiger partial charge on any atom is 0.408 e. The maximum atomic E-state index is 15.0. The third-order valence-electron chi connectivity index (χ3n) is 13.7. The van der Waals surface area contributed by atoms with Crippen LogP contribution in [0.2, 0.25) is 0 Å². The van der Waals surface area contributed by atoms with Gasteiger partial charge in [0.05, 0.1) is 35.4 Å². The largest absolute Gasteiger partial charge is 0.497 e. The Kier molecular flexibility index (Phi) is 11.2. The molecule has 4 saturated carbocycles. The van der Waals surface area contributed by atoms with Gasteiger partial charge in [-0.15, -0.1) is 0 Å². The fourth-order valence-corrected chi connectivity index (χ4v) is 10.8. The summed E-state index contributed by atoms with van der Waals surface area (Å²) in [6.07, 6.45) is 3.22. The van der Waals surface area contributed by atoms with Crippen molar-refractivity contribution in [3.63, 3.8) is 0 Å². The van der Waals surface area contributed by atoms with Gasteiger partial charge in [-0.2, -0.15) is 0 Å². The van der Waals surface area contributed by atoms with E-state index in [1.165, 1.54) is 11.8 Å². The number of nitrogens with one attached hydrogen (secondary N) is 3. The average Bonchev–Trinajstić information content (AvgIpc) is 4.15. The molecule has 8 atom stereocenters. The summed E-state index contributed by atoms with van der Waals surface area (Å²) in [6.45, 7) is 3.13. The zero-order valence-electron chi connectivity index (χ0n) is 33.7. The highest BCUT2D eigenvalue weighted by Crippen LogP contribution is 2.50. The van der Waals surface area contributed by atoms with E-state index in [1.54, 1.807) is 19.2 Å². The molecule has 5 fully saturated rings. The predicted octanol–water partition coefficient (Wildman–Crippen LogP) is 4.55. The van der Waals surface area contributed by atoms with Gasteiger partial charge in [0.2, 0.25) is 34.1 Å². The van der Waals surface area contributed by atoms with Gasteiger partial charge in [-0.1, -0.05) is 32.6 Å². The minimum atomic E-state index is -4.24. The number of hydrogen-bond acceptors (Lipinski definition) is 11. The molecule has 322 valence electrons. The first kappa shape index (κ1) is 41.4. The fourth-order valence-electron chi connectivity index (χ4n) is 9.45. The van der Waals surface area contributed by atoms with Crippen LogP contribution in [0.3, 0.4) is 0 Å². The monoisotopic (exact) mass is 844 g/mol. The molecule has 3 N–H and O–H groups in total. The summed E-state index contributed by atoms with van der Waals surface area (Å²) in [4.78, 5) is 68.0. The van der Waals surface area contributed by atoms with Crippen LogP contribution in [0.15, 0.2) is 18.2 Å². The van der Waals surface area contributed by atoms with E-state index in [-0.39, 0.29) is 36.8 Å². The van der Waals surface area contributed by atoms with Crippen molar-refractivity contribution in [3.05, 3.63) is 23.9 Å². The van der Waals surface area contributed by atoms with Crippen LogP contribution >= 0.6 is 0 Å². The van der Waals surface area contributed by atoms with Crippen LogP contribution in [0.25, 0.3) is 11.0 Å². The van der Waals surface area contributed by atoms with Gasteiger partial charge >= 0.3 is 6.09 Å². The Labute approximate surface area is 342 Å². The number of ether oxygens (including phenoxy) is 3. The summed E-state index contributed by atoms with van der Waals surface area (Å²) in [5, 5.41) is 5.39. The zero-order chi connectivity index (χ0) is 41.9. The number of aromatic nitrogens is 2. The number of carbonyl (C=O) groups is 4. The molecule has 0 radical (unpaired) electrons. The maximum absolute atomic E-state index is 15.0. The summed E-state index contributed by atoms with van der Waals surface area (Å²) >= 11 is 0. The highest BCUT2D eigenvalue weighted by Gasteiger charge is 2.68. The lowest BCUT2D eigenvalue weighted by atomic mass is 9.92. The number of sulfonamides is 1. The molecule has 3 heterocycles. The minimum Gasteiger partial charge on any atom is -0.497 e. The number of amides is 4. The number of nitrogens with zero attached hydrogens (tertiary/aromatic N) is 3. The van der Waals surface area contributed by atoms with Gasteiger partial charge in [-0.25, -0.2) is 32.0 Å². The normalized spacial score (nSPS) is 32.1. The minimum absolute atomic E-state index is 0.137. The summed E-state index contributed by atoms with van der Waals surface area (Å²) in [7, 11) is -2.69. The first-order valence-corrected chi connectivity index (χ1v) is 22.6. The standard InChI is InChI=1S/C41H54F2N6O9S/c1-4-25-31-21-49(33(25)35(50)47-41(20-26(41)34(42)43)38(52)48-59(54,55)40(2)16-17-40)37(51)32(22-10-8-9-11-22)46-39(53)58-30-18-23(30)12-6-5-7-13-28-36(57-31)45-29-19-24(56-3)14-15-27(29)44-28/h14-15,19,22-23,25-26,30-34H,4-13,16-18,20-21H2,1-3H3,(H,46,53)(H,47,50)(H,48,52)/t23-,25-,26?,30-,31+,32+,33+,41-/m1/s1. The second-order valence-electron chi connectivity index (χ2n) is 17.7. The van der Waals surface area contributed by atoms with Crippen molar-refractivity contribution in [1.82, 2.24) is 30.2 Å². The van der Waals surface area contributed by atoms with Crippen LogP contribution in [0.1, 0.15) is 103 Å². The van der Waals surface area contributed by atoms with E-state index in [9.17, 15) is 36.4 Å². The Bertz CT molecular complexity index is 2100. The lowest BCUT2D eigenvalue weighted by Gasteiger charge is -2.33. The number of fused-ring (bicyclic) bond motifs is 5. The molecule has 1 unspecified atom stereocenters. The average molecular weight is 845 g/mol. The molecule has 59 heavy (non-hydrogen) atoms. The molecule has 0 spiro atoms. The molecular formula is C41H54F2N6O9S. The van der Waals surface area contributed by atoms with Gasteiger partial charge in [0.1, 0.15) is 41.3 Å². The molecule has 8 rings (SSSR count). The molecule has 2 aliphatic heterocycles. The number of methoxy groups -OCH3 is 1. The van der Waals surface area contributed by atoms with Crippen LogP contribution < -0.4 is 24.8 Å². The summed E-state index contributed by atoms with van der Waals surface area (Å²) in [6, 6.07) is 2.93. The number of halogens is 2. The van der Waals surface area contributed by atoms with E-state index in [0.29, 0.717) is 54.6 Å². The molecule has 2 aromatic rings. The Morgan fingerprint density at radius 2 is 1.75 bits per heavy atom. The quantitative estimate of drug-likeness (QED) is 0.321. The third kappa shape index (κ3) is 8.13. The Hall–Kier alpha value is -4.35. The number of aryl methyl sites for hydroxylation is 1. The zero-order valence-corrected chi connectivity index (χ0v) is 34.5. The second kappa shape index (κ2) is 15.9. The number of alkyl halides is 2. The summed E-state index contributed by atoms with van der Waals surface area (Å²) in [5.74, 6) is -4.36. The van der Waals surface area contributed by atoms with E-state index in [4.69, 9.17) is 24.2 Å². The first-order chi connectivity index (χ1) is 28.2. The van der Waals surface area contributed by atoms with Crippen LogP contribution in [-0.2, 0) is 35.6 Å². The lowest BCUT2D eigenvalue weighted by molar-refractivity contribution is -0.143. The Balaban J connectivity index is 1.16. The van der Waals surface area contributed by atoms with Crippen molar-refractivity contribution in [2.45, 2.75) is 145 Å². The van der Waals surface area contributed by atoms with Gasteiger partial charge in [-0.05, 0) is 95.1 Å². The molecule has 15 nitrogen and oxygen atoms in total. The number of alkyl carbamates (subject to hydrolysis) is 1. The third-order valence-corrected chi connectivity index (χ3v) is 15.9. The van der Waals surface area contributed by atoms with Crippen LogP contribution in [0.4, 0.5) is 13.6 Å². The Morgan fingerprint density at radius 1 is 1.02 bits per heavy atom. The predicted molar refractivity (Wildman–Crippen MR) is 209 cm³/mol. The van der Waals surface area contributed by atoms with Crippen LogP contribution in [0.5, 0.6) is 11.6 Å². The van der Waals surface area contributed by atoms with Crippen molar-refractivity contribution in [2.24, 2.45) is 23.7 Å². The molecule has 1 aromatic carbocycles. The molecule has 2 bridgehead atoms. The lowest BCUT2D eigenvalue weighted by Crippen LogP contribution is -2.60. The van der Waals surface area contributed by atoms with Gasteiger partial charge in [0, 0.05) is 12.0 Å². The molecule has 18 heteroatoms. The highest BCUT2D eigenvalue weighted by molar-refractivity contribution is 7.91. The molecule has 4 amide bonds. The summed E-state index contributed by atoms with van der Waals surface area (Å²) < 4.78 is 73.8. The van der Waals surface area contributed by atoms with Crippen LogP contribution in [-0.4, -0.2) is 102 Å². The summed E-state index contributed by atoms with van der Waals surface area (Å²) in [5.41, 5.74) is -0.481. The number of hydrogen-bond donors (Lipinski definition) is 3. The van der Waals surface area contributed by atoms with Crippen molar-refractivity contribution in [3.8, 4) is 11.6 Å². The van der Waals surface area contributed by atoms with Gasteiger partial charge in [0.15, 0.2) is 0 Å². The van der Waals surface area contributed by atoms with E-state index in [2.05, 4.69) is 10.6 Å². The van der Waals surface area contributed by atoms with E-state index < -0.39 is 87.0 Å². The van der Waals surface area contributed by atoms with Crippen LogP contribution in [0, 0.1) is 23.7 Å². The van der Waals surface area contributed by atoms with Crippen molar-refractivity contribution in [2.75, 3.05) is 13.7 Å². The van der Waals surface area contributed by atoms with Crippen molar-refractivity contribution >= 4 is 44.9 Å². The first-order valence-electron chi connectivity index (χ1n) is 21.1. The SMILES string of the molecule is CC[C@@H]1[C@@H]2CN(C(=O)[C@H](C3CCCC3)NC(=O)O[C@@H]3C[C@H]3CCCCCc3nc4ccc(OC)cc4nc3O2)[C@@H]1C(=O)N[C@]1(C(=O)NS(=O)(=O)C2(C)CC2)CC1C(F)F. The number of rotatable bonds is 9. The molecule has 4 aliphatic carbocycles. The number of carbonyl (C=O) groups excluding carboxylic acids is 4. The highest BCUT2D eigenvalue weighted by atomic mass is 32.2. The van der Waals surface area contributed by atoms with Crippen molar-refractivity contribution < 1.29 is 50.6 Å². The molecular weight excluding hydrogens is 791 g/mol.